The van der Waals surface area contributed by atoms with Crippen molar-refractivity contribution in [3.05, 3.63) is 29.3 Å². The minimum atomic E-state index is -0.832. The van der Waals surface area contributed by atoms with E-state index in [9.17, 15) is 13.6 Å². The van der Waals surface area contributed by atoms with Crippen LogP contribution in [0.4, 0.5) is 19.3 Å². The quantitative estimate of drug-likeness (QED) is 0.892. The van der Waals surface area contributed by atoms with Crippen molar-refractivity contribution in [2.24, 2.45) is 5.73 Å². The molecule has 2 unspecified atom stereocenters. The number of fused-ring (bicyclic) bond motifs is 2. The van der Waals surface area contributed by atoms with Gasteiger partial charge in [-0.2, -0.15) is 0 Å². The SMILES string of the molecule is CC(C)(C)OC(=O)N1C2CCC1CN(c1ccc(CCN)c(F)c1F)C2. The standard InChI is InChI=1S/C19H27F2N3O2/c1-19(2,3)26-18(25)24-13-5-6-14(24)11-23(10-13)15-7-4-12(8-9-22)16(20)17(15)21/h4,7,13-14H,5-6,8-11,22H2,1-3H3. The number of ether oxygens (including phenoxy) is 1. The van der Waals surface area contributed by atoms with Crippen molar-refractivity contribution in [2.45, 2.75) is 57.7 Å². The van der Waals surface area contributed by atoms with E-state index in [-0.39, 0.29) is 30.4 Å². The highest BCUT2D eigenvalue weighted by Gasteiger charge is 2.44. The lowest BCUT2D eigenvalue weighted by atomic mass is 10.1. The molecule has 0 spiro atoms. The topological polar surface area (TPSA) is 58.8 Å². The minimum absolute atomic E-state index is 0.0465. The van der Waals surface area contributed by atoms with Crippen LogP contribution in [-0.2, 0) is 11.2 Å². The van der Waals surface area contributed by atoms with E-state index in [1.165, 1.54) is 0 Å². The second kappa shape index (κ2) is 7.02. The zero-order valence-corrected chi connectivity index (χ0v) is 15.6. The van der Waals surface area contributed by atoms with Gasteiger partial charge in [0.15, 0.2) is 11.6 Å². The van der Waals surface area contributed by atoms with Crippen LogP contribution in [0, 0.1) is 11.6 Å². The molecule has 2 saturated heterocycles. The highest BCUT2D eigenvalue weighted by Crippen LogP contribution is 2.35. The van der Waals surface area contributed by atoms with E-state index in [2.05, 4.69) is 0 Å². The third-order valence-electron chi connectivity index (χ3n) is 4.98. The van der Waals surface area contributed by atoms with E-state index in [1.54, 1.807) is 17.0 Å². The van der Waals surface area contributed by atoms with Gasteiger partial charge in [0.05, 0.1) is 17.8 Å². The maximum Gasteiger partial charge on any atom is 0.410 e. The second-order valence-corrected chi connectivity index (χ2v) is 8.09. The number of nitrogens with zero attached hydrogens (tertiary/aromatic N) is 2. The molecule has 2 atom stereocenters. The molecule has 0 aliphatic carbocycles. The average molecular weight is 367 g/mol. The molecule has 3 rings (SSSR count). The van der Waals surface area contributed by atoms with Gasteiger partial charge in [0, 0.05) is 13.1 Å². The normalized spacial score (nSPS) is 22.7. The zero-order chi connectivity index (χ0) is 19.1. The molecule has 144 valence electrons. The van der Waals surface area contributed by atoms with Crippen LogP contribution in [0.15, 0.2) is 12.1 Å². The van der Waals surface area contributed by atoms with Crippen molar-refractivity contribution >= 4 is 11.8 Å². The van der Waals surface area contributed by atoms with E-state index >= 15 is 0 Å². The summed E-state index contributed by atoms with van der Waals surface area (Å²) in [4.78, 5) is 16.1. The van der Waals surface area contributed by atoms with Gasteiger partial charge >= 0.3 is 6.09 Å². The summed E-state index contributed by atoms with van der Waals surface area (Å²) in [6.07, 6.45) is 1.67. The number of hydrogen-bond donors (Lipinski definition) is 1. The zero-order valence-electron chi connectivity index (χ0n) is 15.6. The molecule has 1 amide bonds. The summed E-state index contributed by atoms with van der Waals surface area (Å²) in [6.45, 7) is 6.73. The molecule has 1 aromatic carbocycles. The lowest BCUT2D eigenvalue weighted by Gasteiger charge is -2.42. The van der Waals surface area contributed by atoms with Crippen molar-refractivity contribution in [1.82, 2.24) is 4.90 Å². The van der Waals surface area contributed by atoms with Crippen LogP contribution in [0.5, 0.6) is 0 Å². The number of nitrogens with two attached hydrogens (primary N) is 1. The Hall–Kier alpha value is -1.89. The minimum Gasteiger partial charge on any atom is -0.444 e. The van der Waals surface area contributed by atoms with Gasteiger partial charge < -0.3 is 15.4 Å². The van der Waals surface area contributed by atoms with E-state index in [4.69, 9.17) is 10.5 Å². The predicted molar refractivity (Wildman–Crippen MR) is 96.2 cm³/mol. The first-order valence-electron chi connectivity index (χ1n) is 9.14. The second-order valence-electron chi connectivity index (χ2n) is 8.09. The number of piperazine rings is 1. The fraction of sp³-hybridized carbons (Fsp3) is 0.632. The van der Waals surface area contributed by atoms with Gasteiger partial charge in [-0.05, 0) is 58.2 Å². The molecule has 7 heteroatoms. The monoisotopic (exact) mass is 367 g/mol. The lowest BCUT2D eigenvalue weighted by molar-refractivity contribution is 0.0123. The molecule has 2 aliphatic heterocycles. The number of carbonyl (C=O) groups is 1. The Labute approximate surface area is 153 Å². The third-order valence-corrected chi connectivity index (χ3v) is 4.98. The van der Waals surface area contributed by atoms with Crippen LogP contribution in [0.1, 0.15) is 39.2 Å². The van der Waals surface area contributed by atoms with E-state index in [0.717, 1.165) is 12.8 Å². The first-order chi connectivity index (χ1) is 12.2. The van der Waals surface area contributed by atoms with Gasteiger partial charge in [0.1, 0.15) is 5.60 Å². The molecule has 2 aliphatic rings. The number of hydrogen-bond acceptors (Lipinski definition) is 4. The number of carbonyl (C=O) groups excluding carboxylic acids is 1. The van der Waals surface area contributed by atoms with Gasteiger partial charge in [-0.1, -0.05) is 6.07 Å². The van der Waals surface area contributed by atoms with Gasteiger partial charge in [0.2, 0.25) is 0 Å². The summed E-state index contributed by atoms with van der Waals surface area (Å²) in [5.41, 5.74) is 5.44. The van der Waals surface area contributed by atoms with Crippen molar-refractivity contribution in [2.75, 3.05) is 24.5 Å². The largest absolute Gasteiger partial charge is 0.444 e. The molecular formula is C19H27F2N3O2. The van der Waals surface area contributed by atoms with Gasteiger partial charge in [-0.15, -0.1) is 0 Å². The molecule has 5 nitrogen and oxygen atoms in total. The number of halogens is 2. The van der Waals surface area contributed by atoms with Gasteiger partial charge in [0.25, 0.3) is 0 Å². The summed E-state index contributed by atoms with van der Waals surface area (Å²) >= 11 is 0. The fourth-order valence-corrected chi connectivity index (χ4v) is 3.88. The first kappa shape index (κ1) is 18.9. The summed E-state index contributed by atoms with van der Waals surface area (Å²) in [7, 11) is 0. The van der Waals surface area contributed by atoms with Crippen molar-refractivity contribution in [3.8, 4) is 0 Å². The maximum atomic E-state index is 14.6. The highest BCUT2D eigenvalue weighted by atomic mass is 19.2. The maximum absolute atomic E-state index is 14.6. The first-order valence-corrected chi connectivity index (χ1v) is 9.14. The van der Waals surface area contributed by atoms with E-state index in [1.807, 2.05) is 25.7 Å². The molecule has 0 saturated carbocycles. The van der Waals surface area contributed by atoms with Crippen molar-refractivity contribution in [3.63, 3.8) is 0 Å². The Morgan fingerprint density at radius 3 is 2.35 bits per heavy atom. The smallest absolute Gasteiger partial charge is 0.410 e. The van der Waals surface area contributed by atoms with Crippen LogP contribution < -0.4 is 10.6 Å². The number of anilines is 1. The summed E-state index contributed by atoms with van der Waals surface area (Å²) < 4.78 is 34.3. The predicted octanol–water partition coefficient (Wildman–Crippen LogP) is 3.05. The number of benzene rings is 1. The Morgan fingerprint density at radius 2 is 1.81 bits per heavy atom. The highest BCUT2D eigenvalue weighted by molar-refractivity contribution is 5.70. The molecular weight excluding hydrogens is 340 g/mol. The molecule has 0 aromatic heterocycles. The Balaban J connectivity index is 1.77. The van der Waals surface area contributed by atoms with Crippen LogP contribution in [-0.4, -0.2) is 48.3 Å². The van der Waals surface area contributed by atoms with Crippen molar-refractivity contribution < 1.29 is 18.3 Å². The number of rotatable bonds is 3. The molecule has 1 aromatic rings. The Bertz CT molecular complexity index is 676. The van der Waals surface area contributed by atoms with Gasteiger partial charge in [-0.25, -0.2) is 13.6 Å². The van der Waals surface area contributed by atoms with Gasteiger partial charge in [-0.3, -0.25) is 4.90 Å². The molecule has 2 bridgehead atoms. The third kappa shape index (κ3) is 3.63. The fourth-order valence-electron chi connectivity index (χ4n) is 3.88. The van der Waals surface area contributed by atoms with E-state index in [0.29, 0.717) is 25.1 Å². The summed E-state index contributed by atoms with van der Waals surface area (Å²) in [5, 5.41) is 0. The molecule has 2 fully saturated rings. The number of amides is 1. The molecule has 26 heavy (non-hydrogen) atoms. The van der Waals surface area contributed by atoms with Crippen LogP contribution in [0.2, 0.25) is 0 Å². The van der Waals surface area contributed by atoms with Crippen LogP contribution >= 0.6 is 0 Å². The lowest BCUT2D eigenvalue weighted by Crippen LogP contribution is -2.57. The van der Waals surface area contributed by atoms with Crippen LogP contribution in [0.3, 0.4) is 0 Å². The average Bonchev–Trinajstić information content (AvgIpc) is 2.81. The van der Waals surface area contributed by atoms with E-state index < -0.39 is 17.2 Å². The Kier molecular flexibility index (Phi) is 5.10. The Morgan fingerprint density at radius 1 is 1.19 bits per heavy atom. The molecule has 2 heterocycles. The summed E-state index contributed by atoms with van der Waals surface area (Å²) in [5.74, 6) is -1.66. The summed E-state index contributed by atoms with van der Waals surface area (Å²) in [6, 6.07) is 3.12. The van der Waals surface area contributed by atoms with Crippen LogP contribution in [0.25, 0.3) is 0 Å². The molecule has 0 radical (unpaired) electrons. The molecule has 2 N–H and O–H groups in total. The van der Waals surface area contributed by atoms with Crippen molar-refractivity contribution in [1.29, 1.82) is 0 Å².